The van der Waals surface area contributed by atoms with Crippen molar-refractivity contribution in [3.63, 3.8) is 0 Å². The summed E-state index contributed by atoms with van der Waals surface area (Å²) >= 11 is 0. The number of benzene rings is 1. The third kappa shape index (κ3) is 5.17. The van der Waals surface area contributed by atoms with Crippen LogP contribution in [0, 0.1) is 29.1 Å². The van der Waals surface area contributed by atoms with Crippen LogP contribution < -0.4 is 5.56 Å². The zero-order valence-corrected chi connectivity index (χ0v) is 22.2. The molecule has 0 bridgehead atoms. The molecule has 4 rings (SSSR count). The fourth-order valence-corrected chi connectivity index (χ4v) is 5.39. The fourth-order valence-electron chi connectivity index (χ4n) is 4.08. The molecule has 1 aliphatic heterocycles. The first-order valence-electron chi connectivity index (χ1n) is 11.4. The Balaban J connectivity index is 1.84. The Labute approximate surface area is 230 Å². The van der Waals surface area contributed by atoms with Gasteiger partial charge in [-0.05, 0) is 0 Å². The quantitative estimate of drug-likeness (QED) is 0.119. The molecule has 2 aromatic heterocycles. The van der Waals surface area contributed by atoms with Crippen LogP contribution in [0.15, 0.2) is 22.3 Å². The summed E-state index contributed by atoms with van der Waals surface area (Å²) in [6.07, 6.45) is -4.49. The molecule has 0 amide bonds. The van der Waals surface area contributed by atoms with E-state index in [0.29, 0.717) is 0 Å². The van der Waals surface area contributed by atoms with Gasteiger partial charge in [0, 0.05) is 20.8 Å². The number of ether oxygens (including phenoxy) is 4. The standard InChI is InChI=1S/C22H17F5N4O10S/c1-7(32)38-4-10-17(39-8(2)33)18(40-9(3)34)22(41-10)30-5-28-16-20(30)29-6-31(21(16)35)42(36,37)19-14(26)12(24)11(23)13(25)15(19)27/h5-6,10,17-18,22H,4H2,1-3H3/t10-,17-,18-,22-/m1/s1. The zero-order chi connectivity index (χ0) is 31.3. The second-order valence-electron chi connectivity index (χ2n) is 8.59. The second-order valence-corrected chi connectivity index (χ2v) is 10.3. The third-order valence-corrected chi connectivity index (χ3v) is 7.41. The highest BCUT2D eigenvalue weighted by Crippen LogP contribution is 2.36. The van der Waals surface area contributed by atoms with Crippen LogP contribution in [0.2, 0.25) is 0 Å². The van der Waals surface area contributed by atoms with Crippen molar-refractivity contribution in [1.29, 1.82) is 0 Å². The summed E-state index contributed by atoms with van der Waals surface area (Å²) in [5.41, 5.74) is -2.90. The Kier molecular flexibility index (Phi) is 8.05. The molecule has 42 heavy (non-hydrogen) atoms. The summed E-state index contributed by atoms with van der Waals surface area (Å²) in [7, 11) is -5.78. The normalized spacial score (nSPS) is 20.5. The molecule has 1 saturated heterocycles. The molecular weight excluding hydrogens is 607 g/mol. The molecule has 226 valence electrons. The van der Waals surface area contributed by atoms with Gasteiger partial charge in [-0.1, -0.05) is 0 Å². The van der Waals surface area contributed by atoms with Gasteiger partial charge in [-0.3, -0.25) is 23.7 Å². The number of hydrogen-bond donors (Lipinski definition) is 0. The van der Waals surface area contributed by atoms with Crippen molar-refractivity contribution in [1.82, 2.24) is 18.5 Å². The van der Waals surface area contributed by atoms with E-state index in [2.05, 4.69) is 9.97 Å². The van der Waals surface area contributed by atoms with Crippen molar-refractivity contribution >= 4 is 39.1 Å². The van der Waals surface area contributed by atoms with Crippen LogP contribution in [-0.4, -0.2) is 69.8 Å². The first-order chi connectivity index (χ1) is 19.6. The van der Waals surface area contributed by atoms with Crippen molar-refractivity contribution in [3.8, 4) is 0 Å². The number of imidazole rings is 1. The molecular formula is C22H17F5N4O10S. The van der Waals surface area contributed by atoms with E-state index in [0.717, 1.165) is 31.7 Å². The molecule has 1 aliphatic rings. The first-order valence-corrected chi connectivity index (χ1v) is 12.9. The van der Waals surface area contributed by atoms with Gasteiger partial charge < -0.3 is 18.9 Å². The van der Waals surface area contributed by atoms with Gasteiger partial charge in [0.1, 0.15) is 19.0 Å². The monoisotopic (exact) mass is 624 g/mol. The van der Waals surface area contributed by atoms with Crippen LogP contribution in [-0.2, 0) is 43.4 Å². The molecule has 0 saturated carbocycles. The maximum atomic E-state index is 14.3. The van der Waals surface area contributed by atoms with E-state index in [1.54, 1.807) is 0 Å². The summed E-state index contributed by atoms with van der Waals surface area (Å²) in [6, 6.07) is 0. The highest BCUT2D eigenvalue weighted by Gasteiger charge is 2.51. The molecule has 4 atom stereocenters. The van der Waals surface area contributed by atoms with Crippen molar-refractivity contribution in [2.24, 2.45) is 0 Å². The molecule has 14 nitrogen and oxygen atoms in total. The average molecular weight is 624 g/mol. The van der Waals surface area contributed by atoms with Gasteiger partial charge >= 0.3 is 17.9 Å². The maximum Gasteiger partial charge on any atom is 0.303 e. The Morgan fingerprint density at radius 3 is 1.95 bits per heavy atom. The number of hydrogen-bond acceptors (Lipinski definition) is 12. The molecule has 0 radical (unpaired) electrons. The van der Waals surface area contributed by atoms with E-state index in [1.807, 2.05) is 0 Å². The van der Waals surface area contributed by atoms with Crippen LogP contribution in [0.5, 0.6) is 0 Å². The lowest BCUT2D eigenvalue weighted by Crippen LogP contribution is -2.40. The number of rotatable bonds is 7. The first kappa shape index (κ1) is 30.5. The van der Waals surface area contributed by atoms with Crippen LogP contribution in [0.3, 0.4) is 0 Å². The SMILES string of the molecule is CC(=O)OC[C@H]1O[C@@H](n2cnc3c(=O)n(S(=O)(=O)c4c(F)c(F)c(F)c(F)c4F)cnc32)[C@H](OC(C)=O)[C@@H]1OC(C)=O. The summed E-state index contributed by atoms with van der Waals surface area (Å²) in [5.74, 6) is -15.7. The average Bonchev–Trinajstić information content (AvgIpc) is 3.46. The van der Waals surface area contributed by atoms with Crippen LogP contribution in [0.4, 0.5) is 22.0 Å². The maximum absolute atomic E-state index is 14.3. The number of esters is 3. The molecule has 0 spiro atoms. The molecule has 1 fully saturated rings. The number of nitrogens with zero attached hydrogens (tertiary/aromatic N) is 4. The van der Waals surface area contributed by atoms with E-state index in [1.165, 1.54) is 0 Å². The van der Waals surface area contributed by atoms with Crippen LogP contribution >= 0.6 is 0 Å². The summed E-state index contributed by atoms with van der Waals surface area (Å²) < 4.78 is 117. The smallest absolute Gasteiger partial charge is 0.303 e. The van der Waals surface area contributed by atoms with Gasteiger partial charge in [-0.15, -0.1) is 0 Å². The van der Waals surface area contributed by atoms with Gasteiger partial charge in [0.15, 0.2) is 57.8 Å². The Bertz CT molecular complexity index is 1760. The molecule has 0 aliphatic carbocycles. The van der Waals surface area contributed by atoms with Gasteiger partial charge in [0.25, 0.3) is 15.6 Å². The summed E-state index contributed by atoms with van der Waals surface area (Å²) in [4.78, 5) is 53.1. The summed E-state index contributed by atoms with van der Waals surface area (Å²) in [6.45, 7) is 2.63. The second kappa shape index (κ2) is 11.1. The Morgan fingerprint density at radius 1 is 0.857 bits per heavy atom. The molecule has 0 unspecified atom stereocenters. The van der Waals surface area contributed by atoms with Gasteiger partial charge in [0.2, 0.25) is 5.82 Å². The number of halogens is 5. The van der Waals surface area contributed by atoms with Gasteiger partial charge in [-0.25, -0.2) is 40.3 Å². The van der Waals surface area contributed by atoms with E-state index in [4.69, 9.17) is 18.9 Å². The van der Waals surface area contributed by atoms with Gasteiger partial charge in [0.05, 0.1) is 6.33 Å². The summed E-state index contributed by atoms with van der Waals surface area (Å²) in [5, 5.41) is 0. The topological polar surface area (TPSA) is 175 Å². The minimum absolute atomic E-state index is 0.214. The van der Waals surface area contributed by atoms with Crippen LogP contribution in [0.25, 0.3) is 11.2 Å². The zero-order valence-electron chi connectivity index (χ0n) is 21.3. The fraction of sp³-hybridized carbons (Fsp3) is 0.364. The minimum Gasteiger partial charge on any atom is -0.463 e. The van der Waals surface area contributed by atoms with E-state index < -0.39 is 114 Å². The Hall–Kier alpha value is -4.46. The molecule has 0 N–H and O–H groups in total. The Morgan fingerprint density at radius 2 is 1.40 bits per heavy atom. The lowest BCUT2D eigenvalue weighted by molar-refractivity contribution is -0.166. The molecule has 20 heteroatoms. The highest BCUT2D eigenvalue weighted by atomic mass is 32.2. The lowest BCUT2D eigenvalue weighted by Gasteiger charge is -2.23. The number of carbonyl (C=O) groups is 3. The molecule has 3 aromatic rings. The van der Waals surface area contributed by atoms with Crippen molar-refractivity contribution in [2.45, 2.75) is 50.2 Å². The van der Waals surface area contributed by atoms with E-state index in [9.17, 15) is 49.5 Å². The largest absolute Gasteiger partial charge is 0.463 e. The third-order valence-electron chi connectivity index (χ3n) is 5.76. The lowest BCUT2D eigenvalue weighted by atomic mass is 10.1. The molecule has 1 aromatic carbocycles. The van der Waals surface area contributed by atoms with Crippen molar-refractivity contribution in [3.05, 3.63) is 52.1 Å². The molecule has 3 heterocycles. The number of carbonyl (C=O) groups excluding carboxylic acids is 3. The van der Waals surface area contributed by atoms with Crippen molar-refractivity contribution in [2.75, 3.05) is 6.61 Å². The number of aromatic nitrogens is 4. The van der Waals surface area contributed by atoms with E-state index >= 15 is 0 Å². The minimum atomic E-state index is -5.78. The van der Waals surface area contributed by atoms with Gasteiger partial charge in [-0.2, -0.15) is 3.97 Å². The number of fused-ring (bicyclic) bond motifs is 1. The highest BCUT2D eigenvalue weighted by molar-refractivity contribution is 7.90. The predicted molar refractivity (Wildman–Crippen MR) is 122 cm³/mol. The van der Waals surface area contributed by atoms with Crippen LogP contribution in [0.1, 0.15) is 27.0 Å². The van der Waals surface area contributed by atoms with Crippen molar-refractivity contribution < 1.29 is 63.7 Å². The van der Waals surface area contributed by atoms with E-state index in [-0.39, 0.29) is 6.33 Å². The predicted octanol–water partition coefficient (Wildman–Crippen LogP) is 0.849.